The summed E-state index contributed by atoms with van der Waals surface area (Å²) in [7, 11) is 0. The van der Waals surface area contributed by atoms with Gasteiger partial charge in [0, 0.05) is 0 Å². The van der Waals surface area contributed by atoms with Crippen LogP contribution in [0, 0.1) is 0 Å². The number of fused-ring (bicyclic) bond motifs is 1. The molecule has 0 aromatic heterocycles. The van der Waals surface area contributed by atoms with Gasteiger partial charge in [-0.3, -0.25) is 0 Å². The Balaban J connectivity index is 2.48. The second-order valence-electron chi connectivity index (χ2n) is 3.21. The third-order valence-electron chi connectivity index (χ3n) is 2.32. The van der Waals surface area contributed by atoms with E-state index in [1.165, 1.54) is 0 Å². The number of nitrogens with two attached hydrogens (primary N) is 1. The van der Waals surface area contributed by atoms with Gasteiger partial charge in [-0.15, -0.1) is 11.8 Å². The molecule has 0 radical (unpaired) electrons. The number of ether oxygens (including phenoxy) is 2. The minimum absolute atomic E-state index is 0.0762. The molecule has 1 aromatic carbocycles. The Morgan fingerprint density at radius 3 is 3.00 bits per heavy atom. The number of aliphatic hydroxyl groups is 1. The van der Waals surface area contributed by atoms with Gasteiger partial charge in [-0.1, -0.05) is 6.07 Å². The van der Waals surface area contributed by atoms with Crippen molar-refractivity contribution in [3.05, 3.63) is 17.7 Å². The average Bonchev–Trinajstić information content (AvgIpc) is 2.74. The smallest absolute Gasteiger partial charge is 0.231 e. The van der Waals surface area contributed by atoms with Gasteiger partial charge in [0.2, 0.25) is 6.79 Å². The van der Waals surface area contributed by atoms with Crippen molar-refractivity contribution in [2.75, 3.05) is 19.7 Å². The van der Waals surface area contributed by atoms with Crippen molar-refractivity contribution < 1.29 is 14.6 Å². The summed E-state index contributed by atoms with van der Waals surface area (Å²) in [6.45, 7) is 0.175. The van der Waals surface area contributed by atoms with E-state index in [-0.39, 0.29) is 19.4 Å². The van der Waals surface area contributed by atoms with Crippen LogP contribution in [-0.2, 0) is 0 Å². The molecular formula is C10H13NO3S. The first-order valence-corrected chi connectivity index (χ1v) is 5.83. The SMILES string of the molecule is CSc1c(C(N)CO)ccc2c1OCO2. The molecule has 1 aliphatic heterocycles. The van der Waals surface area contributed by atoms with Crippen LogP contribution >= 0.6 is 11.8 Å². The largest absolute Gasteiger partial charge is 0.454 e. The van der Waals surface area contributed by atoms with Crippen LogP contribution in [0.3, 0.4) is 0 Å². The lowest BCUT2D eigenvalue weighted by molar-refractivity contribution is 0.172. The van der Waals surface area contributed by atoms with Crippen LogP contribution in [-0.4, -0.2) is 24.8 Å². The van der Waals surface area contributed by atoms with Crippen molar-refractivity contribution in [3.8, 4) is 11.5 Å². The minimum Gasteiger partial charge on any atom is -0.454 e. The molecule has 0 saturated carbocycles. The van der Waals surface area contributed by atoms with Crippen LogP contribution in [0.5, 0.6) is 11.5 Å². The molecule has 0 amide bonds. The zero-order valence-electron chi connectivity index (χ0n) is 8.40. The molecule has 1 aliphatic rings. The first kappa shape index (κ1) is 10.6. The molecule has 0 aliphatic carbocycles. The molecule has 4 nitrogen and oxygen atoms in total. The molecule has 0 saturated heterocycles. The Morgan fingerprint density at radius 2 is 2.33 bits per heavy atom. The Hall–Kier alpha value is -0.910. The Labute approximate surface area is 92.4 Å². The molecular weight excluding hydrogens is 214 g/mol. The number of hydrogen-bond acceptors (Lipinski definition) is 5. The van der Waals surface area contributed by atoms with Crippen molar-refractivity contribution >= 4 is 11.8 Å². The van der Waals surface area contributed by atoms with Crippen molar-refractivity contribution in [2.24, 2.45) is 5.73 Å². The highest BCUT2D eigenvalue weighted by atomic mass is 32.2. The van der Waals surface area contributed by atoms with Crippen LogP contribution in [0.4, 0.5) is 0 Å². The molecule has 82 valence electrons. The Kier molecular flexibility index (Phi) is 3.04. The maximum atomic E-state index is 9.05. The van der Waals surface area contributed by atoms with Gasteiger partial charge in [-0.2, -0.15) is 0 Å². The summed E-state index contributed by atoms with van der Waals surface area (Å²) in [5.74, 6) is 1.48. The van der Waals surface area contributed by atoms with Gasteiger partial charge in [0.25, 0.3) is 0 Å². The molecule has 2 rings (SSSR count). The normalized spacial score (nSPS) is 15.4. The summed E-state index contributed by atoms with van der Waals surface area (Å²) in [6, 6.07) is 3.33. The fourth-order valence-corrected chi connectivity index (χ4v) is 2.36. The molecule has 0 spiro atoms. The first-order valence-electron chi connectivity index (χ1n) is 4.61. The Bertz CT molecular complexity index is 370. The summed E-state index contributed by atoms with van der Waals surface area (Å²) in [6.07, 6.45) is 1.95. The number of thioether (sulfide) groups is 1. The molecule has 15 heavy (non-hydrogen) atoms. The van der Waals surface area contributed by atoms with Gasteiger partial charge in [-0.25, -0.2) is 0 Å². The standard InChI is InChI=1S/C10H13NO3S/c1-15-10-6(7(11)4-12)2-3-8-9(10)14-5-13-8/h2-3,7,12H,4-5,11H2,1H3. The van der Waals surface area contributed by atoms with Gasteiger partial charge >= 0.3 is 0 Å². The maximum Gasteiger partial charge on any atom is 0.231 e. The highest BCUT2D eigenvalue weighted by molar-refractivity contribution is 7.98. The van der Waals surface area contributed by atoms with Crippen molar-refractivity contribution in [1.29, 1.82) is 0 Å². The minimum atomic E-state index is -0.373. The molecule has 3 N–H and O–H groups in total. The lowest BCUT2D eigenvalue weighted by atomic mass is 10.1. The fraction of sp³-hybridized carbons (Fsp3) is 0.400. The summed E-state index contributed by atoms with van der Waals surface area (Å²) >= 11 is 1.55. The van der Waals surface area contributed by atoms with E-state index < -0.39 is 0 Å². The van der Waals surface area contributed by atoms with Gasteiger partial charge < -0.3 is 20.3 Å². The average molecular weight is 227 g/mol. The van der Waals surface area contributed by atoms with Gasteiger partial charge in [0.1, 0.15) is 0 Å². The van der Waals surface area contributed by atoms with E-state index in [4.69, 9.17) is 20.3 Å². The molecule has 1 atom stereocenters. The summed E-state index contributed by atoms with van der Waals surface area (Å²) in [4.78, 5) is 0.951. The second kappa shape index (κ2) is 4.30. The zero-order chi connectivity index (χ0) is 10.8. The molecule has 1 heterocycles. The third kappa shape index (κ3) is 1.78. The predicted octanol–water partition coefficient (Wildman–Crippen LogP) is 1.13. The Morgan fingerprint density at radius 1 is 1.53 bits per heavy atom. The van der Waals surface area contributed by atoms with Crippen LogP contribution < -0.4 is 15.2 Å². The molecule has 1 unspecified atom stereocenters. The second-order valence-corrected chi connectivity index (χ2v) is 4.03. The van der Waals surface area contributed by atoms with E-state index in [0.29, 0.717) is 0 Å². The lowest BCUT2D eigenvalue weighted by Gasteiger charge is -2.14. The number of aliphatic hydroxyl groups excluding tert-OH is 1. The molecule has 0 fully saturated rings. The quantitative estimate of drug-likeness (QED) is 0.758. The third-order valence-corrected chi connectivity index (χ3v) is 3.15. The summed E-state index contributed by atoms with van der Waals surface area (Å²) in [5, 5.41) is 9.05. The van der Waals surface area contributed by atoms with E-state index in [0.717, 1.165) is 22.0 Å². The van der Waals surface area contributed by atoms with Gasteiger partial charge in [0.15, 0.2) is 11.5 Å². The van der Waals surface area contributed by atoms with E-state index in [9.17, 15) is 0 Å². The summed E-state index contributed by atoms with van der Waals surface area (Å²) < 4.78 is 10.6. The topological polar surface area (TPSA) is 64.7 Å². The number of benzene rings is 1. The van der Waals surface area contributed by atoms with Crippen LogP contribution in [0.15, 0.2) is 17.0 Å². The zero-order valence-corrected chi connectivity index (χ0v) is 9.21. The number of hydrogen-bond donors (Lipinski definition) is 2. The highest BCUT2D eigenvalue weighted by Gasteiger charge is 2.22. The highest BCUT2D eigenvalue weighted by Crippen LogP contribution is 2.43. The van der Waals surface area contributed by atoms with E-state index in [1.807, 2.05) is 18.4 Å². The lowest BCUT2D eigenvalue weighted by Crippen LogP contribution is -2.15. The molecule has 5 heteroatoms. The van der Waals surface area contributed by atoms with E-state index >= 15 is 0 Å². The van der Waals surface area contributed by atoms with Crippen LogP contribution in [0.2, 0.25) is 0 Å². The molecule has 0 bridgehead atoms. The van der Waals surface area contributed by atoms with Gasteiger partial charge in [-0.05, 0) is 17.9 Å². The van der Waals surface area contributed by atoms with Gasteiger partial charge in [0.05, 0.1) is 17.5 Å². The van der Waals surface area contributed by atoms with Crippen LogP contribution in [0.25, 0.3) is 0 Å². The van der Waals surface area contributed by atoms with E-state index in [1.54, 1.807) is 11.8 Å². The maximum absolute atomic E-state index is 9.05. The summed E-state index contributed by atoms with van der Waals surface area (Å²) in [5.41, 5.74) is 6.70. The number of rotatable bonds is 3. The van der Waals surface area contributed by atoms with E-state index in [2.05, 4.69) is 0 Å². The monoisotopic (exact) mass is 227 g/mol. The molecule has 1 aromatic rings. The fourth-order valence-electron chi connectivity index (χ4n) is 1.56. The van der Waals surface area contributed by atoms with Crippen molar-refractivity contribution in [3.63, 3.8) is 0 Å². The van der Waals surface area contributed by atoms with Crippen molar-refractivity contribution in [2.45, 2.75) is 10.9 Å². The first-order chi connectivity index (χ1) is 7.27. The van der Waals surface area contributed by atoms with Crippen molar-refractivity contribution in [1.82, 2.24) is 0 Å². The van der Waals surface area contributed by atoms with Crippen LogP contribution in [0.1, 0.15) is 11.6 Å². The predicted molar refractivity (Wildman–Crippen MR) is 58.4 cm³/mol.